The summed E-state index contributed by atoms with van der Waals surface area (Å²) in [6.45, 7) is 1.85. The number of carbonyl (C=O) groups is 1. The van der Waals surface area contributed by atoms with Gasteiger partial charge in [0.05, 0.1) is 11.6 Å². The normalized spacial score (nSPS) is 18.5. The zero-order valence-corrected chi connectivity index (χ0v) is 15.0. The van der Waals surface area contributed by atoms with Gasteiger partial charge < -0.3 is 14.8 Å². The molecule has 1 N–H and O–H groups in total. The Morgan fingerprint density at radius 1 is 1.31 bits per heavy atom. The van der Waals surface area contributed by atoms with Gasteiger partial charge in [-0.3, -0.25) is 9.69 Å². The minimum Gasteiger partial charge on any atom is -0.486 e. The zero-order chi connectivity index (χ0) is 18.5. The fraction of sp³-hybridized carbons (Fsp3) is 0.500. The Morgan fingerprint density at radius 3 is 2.77 bits per heavy atom. The number of amides is 1. The summed E-state index contributed by atoms with van der Waals surface area (Å²) in [7, 11) is 0. The Balaban J connectivity index is 1.52. The zero-order valence-electron chi connectivity index (χ0n) is 14.2. The van der Waals surface area contributed by atoms with Crippen LogP contribution in [0.1, 0.15) is 18.4 Å². The third-order valence-electron chi connectivity index (χ3n) is 4.38. The second kappa shape index (κ2) is 8.68. The molecule has 3 rings (SSSR count). The van der Waals surface area contributed by atoms with Crippen molar-refractivity contribution < 1.29 is 23.0 Å². The van der Waals surface area contributed by atoms with E-state index in [4.69, 9.17) is 21.1 Å². The summed E-state index contributed by atoms with van der Waals surface area (Å²) < 4.78 is 35.7. The first-order valence-electron chi connectivity index (χ1n) is 8.59. The molecule has 1 aromatic carbocycles. The van der Waals surface area contributed by atoms with Gasteiger partial charge in [0, 0.05) is 25.2 Å². The van der Waals surface area contributed by atoms with Gasteiger partial charge in [0.1, 0.15) is 13.2 Å². The van der Waals surface area contributed by atoms with Crippen molar-refractivity contribution in [2.75, 3.05) is 32.8 Å². The molecule has 1 fully saturated rings. The van der Waals surface area contributed by atoms with Gasteiger partial charge in [0.25, 0.3) is 6.43 Å². The number of fused-ring (bicyclic) bond motifs is 1. The average molecular weight is 387 g/mol. The van der Waals surface area contributed by atoms with E-state index < -0.39 is 6.43 Å². The Kier molecular flexibility index (Phi) is 6.32. The molecule has 1 amide bonds. The molecule has 26 heavy (non-hydrogen) atoms. The van der Waals surface area contributed by atoms with E-state index in [2.05, 4.69) is 5.32 Å². The Bertz CT molecular complexity index is 677. The van der Waals surface area contributed by atoms with E-state index in [1.165, 1.54) is 6.08 Å². The van der Waals surface area contributed by atoms with E-state index >= 15 is 0 Å². The number of halogens is 3. The standard InChI is InChI=1S/C18H21ClF2N2O3/c19-14-9-12(10-15-18(14)26-8-7-25-15)1-2-17(24)22-13-3-5-23(6-4-13)11-16(20)21/h1-2,9-10,13,16H,3-8,11H2,(H,22,24). The third-order valence-corrected chi connectivity index (χ3v) is 4.66. The van der Waals surface area contributed by atoms with E-state index in [1.54, 1.807) is 23.1 Å². The molecule has 0 radical (unpaired) electrons. The topological polar surface area (TPSA) is 50.8 Å². The number of carbonyl (C=O) groups excluding carboxylic acids is 1. The molecule has 5 nitrogen and oxygen atoms in total. The van der Waals surface area contributed by atoms with Crippen LogP contribution in [0.15, 0.2) is 18.2 Å². The summed E-state index contributed by atoms with van der Waals surface area (Å²) in [5, 5.41) is 3.35. The Morgan fingerprint density at radius 2 is 2.04 bits per heavy atom. The predicted octanol–water partition coefficient (Wildman–Crippen LogP) is 2.97. The summed E-state index contributed by atoms with van der Waals surface area (Å²) in [6.07, 6.45) is 2.12. The maximum Gasteiger partial charge on any atom is 0.251 e. The molecule has 0 atom stereocenters. The van der Waals surface area contributed by atoms with Crippen molar-refractivity contribution in [1.82, 2.24) is 10.2 Å². The Hall–Kier alpha value is -1.86. The quantitative estimate of drug-likeness (QED) is 0.790. The van der Waals surface area contributed by atoms with Gasteiger partial charge >= 0.3 is 0 Å². The van der Waals surface area contributed by atoms with Gasteiger partial charge in [-0.1, -0.05) is 11.6 Å². The largest absolute Gasteiger partial charge is 0.486 e. The lowest BCUT2D eigenvalue weighted by atomic mass is 10.0. The molecule has 142 valence electrons. The lowest BCUT2D eigenvalue weighted by Gasteiger charge is -2.31. The number of likely N-dealkylation sites (tertiary alicyclic amines) is 1. The lowest BCUT2D eigenvalue weighted by molar-refractivity contribution is -0.117. The van der Waals surface area contributed by atoms with Crippen LogP contribution in [0.3, 0.4) is 0 Å². The van der Waals surface area contributed by atoms with Gasteiger partial charge in [0.2, 0.25) is 5.91 Å². The number of nitrogens with one attached hydrogen (secondary N) is 1. The molecule has 8 heteroatoms. The number of benzene rings is 1. The summed E-state index contributed by atoms with van der Waals surface area (Å²) in [5.41, 5.74) is 0.737. The van der Waals surface area contributed by atoms with Gasteiger partial charge in [-0.25, -0.2) is 8.78 Å². The smallest absolute Gasteiger partial charge is 0.251 e. The summed E-state index contributed by atoms with van der Waals surface area (Å²) >= 11 is 6.17. The minimum atomic E-state index is -2.32. The number of piperidine rings is 1. The average Bonchev–Trinajstić information content (AvgIpc) is 2.61. The van der Waals surface area contributed by atoms with Crippen LogP contribution in [0, 0.1) is 0 Å². The monoisotopic (exact) mass is 386 g/mol. The van der Waals surface area contributed by atoms with Gasteiger partial charge in [0.15, 0.2) is 11.5 Å². The highest BCUT2D eigenvalue weighted by atomic mass is 35.5. The predicted molar refractivity (Wildman–Crippen MR) is 95.1 cm³/mol. The molecular formula is C18H21ClF2N2O3. The second-order valence-corrected chi connectivity index (χ2v) is 6.74. The van der Waals surface area contributed by atoms with Crippen molar-refractivity contribution in [3.63, 3.8) is 0 Å². The van der Waals surface area contributed by atoms with Crippen molar-refractivity contribution >= 4 is 23.6 Å². The molecule has 0 unspecified atom stereocenters. The fourth-order valence-corrected chi connectivity index (χ4v) is 3.38. The highest BCUT2D eigenvalue weighted by Crippen LogP contribution is 2.38. The molecule has 2 aliphatic heterocycles. The van der Waals surface area contributed by atoms with Crippen molar-refractivity contribution in [3.05, 3.63) is 28.8 Å². The lowest BCUT2D eigenvalue weighted by Crippen LogP contribution is -2.45. The highest BCUT2D eigenvalue weighted by Gasteiger charge is 2.22. The SMILES string of the molecule is O=C(C=Cc1cc(Cl)c2c(c1)OCCO2)NC1CCN(CC(F)F)CC1. The van der Waals surface area contributed by atoms with Gasteiger partial charge in [-0.2, -0.15) is 0 Å². The molecule has 1 aromatic rings. The maximum absolute atomic E-state index is 12.4. The second-order valence-electron chi connectivity index (χ2n) is 6.33. The minimum absolute atomic E-state index is 0.00456. The molecule has 0 aliphatic carbocycles. The van der Waals surface area contributed by atoms with E-state index in [9.17, 15) is 13.6 Å². The molecule has 1 saturated heterocycles. The van der Waals surface area contributed by atoms with Crippen LogP contribution in [-0.4, -0.2) is 56.1 Å². The molecule has 2 heterocycles. The van der Waals surface area contributed by atoms with Crippen molar-refractivity contribution in [3.8, 4) is 11.5 Å². The first-order chi connectivity index (χ1) is 12.5. The maximum atomic E-state index is 12.4. The van der Waals surface area contributed by atoms with E-state index in [-0.39, 0.29) is 18.5 Å². The van der Waals surface area contributed by atoms with Crippen LogP contribution < -0.4 is 14.8 Å². The molecule has 2 aliphatic rings. The molecule has 0 spiro atoms. The summed E-state index contributed by atoms with van der Waals surface area (Å²) in [4.78, 5) is 13.8. The van der Waals surface area contributed by atoms with Crippen LogP contribution in [0.5, 0.6) is 11.5 Å². The van der Waals surface area contributed by atoms with Gasteiger partial charge in [-0.05, 0) is 36.6 Å². The van der Waals surface area contributed by atoms with E-state index in [1.807, 2.05) is 0 Å². The number of nitrogens with zero attached hydrogens (tertiary/aromatic N) is 1. The number of hydrogen-bond acceptors (Lipinski definition) is 4. The first-order valence-corrected chi connectivity index (χ1v) is 8.97. The van der Waals surface area contributed by atoms with E-state index in [0.717, 1.165) is 5.56 Å². The number of ether oxygens (including phenoxy) is 2. The molecule has 0 aromatic heterocycles. The van der Waals surface area contributed by atoms with Crippen LogP contribution in [0.25, 0.3) is 6.08 Å². The van der Waals surface area contributed by atoms with Crippen LogP contribution >= 0.6 is 11.6 Å². The van der Waals surface area contributed by atoms with E-state index in [0.29, 0.717) is 55.7 Å². The molecular weight excluding hydrogens is 366 g/mol. The first kappa shape index (κ1) is 18.9. The fourth-order valence-electron chi connectivity index (χ4n) is 3.10. The van der Waals surface area contributed by atoms with Gasteiger partial charge in [-0.15, -0.1) is 0 Å². The van der Waals surface area contributed by atoms with Crippen LogP contribution in [0.2, 0.25) is 5.02 Å². The van der Waals surface area contributed by atoms with Crippen molar-refractivity contribution in [2.24, 2.45) is 0 Å². The van der Waals surface area contributed by atoms with Crippen LogP contribution in [-0.2, 0) is 4.79 Å². The number of rotatable bonds is 5. The number of hydrogen-bond donors (Lipinski definition) is 1. The number of alkyl halides is 2. The molecule has 0 bridgehead atoms. The van der Waals surface area contributed by atoms with Crippen molar-refractivity contribution in [1.29, 1.82) is 0 Å². The Labute approximate surface area is 155 Å². The summed E-state index contributed by atoms with van der Waals surface area (Å²) in [6, 6.07) is 3.49. The highest BCUT2D eigenvalue weighted by molar-refractivity contribution is 6.32. The summed E-state index contributed by atoms with van der Waals surface area (Å²) in [5.74, 6) is 0.869. The van der Waals surface area contributed by atoms with Crippen molar-refractivity contribution in [2.45, 2.75) is 25.3 Å². The molecule has 0 saturated carbocycles. The van der Waals surface area contributed by atoms with Crippen LogP contribution in [0.4, 0.5) is 8.78 Å². The third kappa shape index (κ3) is 5.08.